The lowest BCUT2D eigenvalue weighted by molar-refractivity contribution is 0.166. The van der Waals surface area contributed by atoms with Gasteiger partial charge in [-0.15, -0.1) is 12.4 Å². The molecular weight excluding hydrogens is 512 g/mol. The molecule has 0 bridgehead atoms. The van der Waals surface area contributed by atoms with Crippen LogP contribution in [0.3, 0.4) is 0 Å². The molecule has 37 heavy (non-hydrogen) atoms. The lowest BCUT2D eigenvalue weighted by Gasteiger charge is -2.34. The first-order valence-corrected chi connectivity index (χ1v) is 14.8. The van der Waals surface area contributed by atoms with Gasteiger partial charge in [-0.05, 0) is 74.1 Å². The van der Waals surface area contributed by atoms with E-state index in [0.717, 1.165) is 76.7 Å². The van der Waals surface area contributed by atoms with Gasteiger partial charge in [0.05, 0.1) is 6.26 Å². The van der Waals surface area contributed by atoms with Gasteiger partial charge in [0.25, 0.3) is 0 Å². The molecule has 2 aliphatic rings. The maximum absolute atomic E-state index is 12.8. The number of nitrogens with one attached hydrogen (secondary N) is 2. The standard InChI is InChI=1S/C27H38N4O4S.ClH/c1-3-4-17-31(24-9-10-24)27(32)28-22-15-18-30(19-16-22)20-21-5-11-25(12-6-21)35-26-13-7-23(8-14-26)29-36(2,33)34;/h5-8,11-14,22,24,29H,3-4,9-10,15-20H2,1-2H3,(H,28,32);1H. The summed E-state index contributed by atoms with van der Waals surface area (Å²) in [5.41, 5.74) is 1.72. The molecule has 0 atom stereocenters. The molecule has 0 radical (unpaired) electrons. The van der Waals surface area contributed by atoms with Crippen LogP contribution in [0, 0.1) is 0 Å². The molecule has 2 N–H and O–H groups in total. The Kier molecular flexibility index (Phi) is 10.5. The monoisotopic (exact) mass is 550 g/mol. The molecule has 204 valence electrons. The molecular formula is C27H39ClN4O4S. The molecule has 4 rings (SSSR count). The average Bonchev–Trinajstić information content (AvgIpc) is 3.67. The number of hydrogen-bond donors (Lipinski definition) is 2. The number of sulfonamides is 1. The third kappa shape index (κ3) is 9.39. The number of hydrogen-bond acceptors (Lipinski definition) is 5. The molecule has 1 heterocycles. The number of nitrogens with zero attached hydrogens (tertiary/aromatic N) is 2. The van der Waals surface area contributed by atoms with Crippen LogP contribution in [0.5, 0.6) is 11.5 Å². The number of piperidine rings is 1. The number of unbranched alkanes of at least 4 members (excludes halogenated alkanes) is 1. The first-order valence-electron chi connectivity index (χ1n) is 12.9. The molecule has 0 unspecified atom stereocenters. The van der Waals surface area contributed by atoms with Crippen molar-refractivity contribution in [3.63, 3.8) is 0 Å². The van der Waals surface area contributed by atoms with E-state index in [-0.39, 0.29) is 24.5 Å². The fourth-order valence-electron chi connectivity index (χ4n) is 4.52. The number of halogens is 1. The second kappa shape index (κ2) is 13.3. The van der Waals surface area contributed by atoms with E-state index >= 15 is 0 Å². The molecule has 2 aromatic carbocycles. The Bertz CT molecular complexity index is 1100. The summed E-state index contributed by atoms with van der Waals surface area (Å²) in [6, 6.07) is 15.7. The van der Waals surface area contributed by atoms with Crippen molar-refractivity contribution in [1.29, 1.82) is 0 Å². The largest absolute Gasteiger partial charge is 0.457 e. The third-order valence-electron chi connectivity index (χ3n) is 6.64. The molecule has 0 spiro atoms. The molecule has 10 heteroatoms. The zero-order valence-electron chi connectivity index (χ0n) is 21.7. The summed E-state index contributed by atoms with van der Waals surface area (Å²) < 4.78 is 31.0. The van der Waals surface area contributed by atoms with Gasteiger partial charge >= 0.3 is 6.03 Å². The summed E-state index contributed by atoms with van der Waals surface area (Å²) in [7, 11) is -3.30. The lowest BCUT2D eigenvalue weighted by Crippen LogP contribution is -2.50. The summed E-state index contributed by atoms with van der Waals surface area (Å²) >= 11 is 0. The van der Waals surface area contributed by atoms with E-state index in [2.05, 4.69) is 38.9 Å². The second-order valence-electron chi connectivity index (χ2n) is 9.92. The fraction of sp³-hybridized carbons (Fsp3) is 0.519. The van der Waals surface area contributed by atoms with Crippen molar-refractivity contribution in [2.75, 3.05) is 30.6 Å². The van der Waals surface area contributed by atoms with Gasteiger partial charge in [0.15, 0.2) is 0 Å². The number of carbonyl (C=O) groups excluding carboxylic acids is 1. The van der Waals surface area contributed by atoms with Crippen LogP contribution in [0.1, 0.15) is 51.0 Å². The molecule has 1 saturated heterocycles. The first-order chi connectivity index (χ1) is 17.3. The van der Waals surface area contributed by atoms with E-state index in [1.807, 2.05) is 12.1 Å². The minimum Gasteiger partial charge on any atom is -0.457 e. The van der Waals surface area contributed by atoms with Crippen molar-refractivity contribution < 1.29 is 17.9 Å². The van der Waals surface area contributed by atoms with E-state index in [4.69, 9.17) is 4.74 Å². The molecule has 8 nitrogen and oxygen atoms in total. The topological polar surface area (TPSA) is 91.0 Å². The molecule has 1 aliphatic carbocycles. The molecule has 2 amide bonds. The number of benzene rings is 2. The first kappa shape index (κ1) is 29.1. The highest BCUT2D eigenvalue weighted by Gasteiger charge is 2.33. The predicted octanol–water partition coefficient (Wildman–Crippen LogP) is 5.21. The van der Waals surface area contributed by atoms with Crippen molar-refractivity contribution in [3.05, 3.63) is 54.1 Å². The Hall–Kier alpha value is -2.49. The van der Waals surface area contributed by atoms with Crippen LogP contribution in [0.2, 0.25) is 0 Å². The van der Waals surface area contributed by atoms with Crippen LogP contribution in [0.25, 0.3) is 0 Å². The average molecular weight is 551 g/mol. The van der Waals surface area contributed by atoms with Crippen LogP contribution in [0.15, 0.2) is 48.5 Å². The Morgan fingerprint density at radius 1 is 1.00 bits per heavy atom. The van der Waals surface area contributed by atoms with E-state index in [0.29, 0.717) is 17.5 Å². The predicted molar refractivity (Wildman–Crippen MR) is 150 cm³/mol. The Morgan fingerprint density at radius 2 is 1.59 bits per heavy atom. The van der Waals surface area contributed by atoms with E-state index in [1.165, 1.54) is 5.56 Å². The number of amides is 2. The summed E-state index contributed by atoms with van der Waals surface area (Å²) in [5.74, 6) is 1.37. The van der Waals surface area contributed by atoms with Crippen molar-refractivity contribution >= 4 is 34.1 Å². The summed E-state index contributed by atoms with van der Waals surface area (Å²) in [5, 5.41) is 3.29. The molecule has 2 aromatic rings. The minimum absolute atomic E-state index is 0. The Balaban J connectivity index is 0.00000380. The number of ether oxygens (including phenoxy) is 1. The highest BCUT2D eigenvalue weighted by Crippen LogP contribution is 2.28. The van der Waals surface area contributed by atoms with Gasteiger partial charge in [0, 0.05) is 44.0 Å². The summed E-state index contributed by atoms with van der Waals surface area (Å²) in [6.45, 7) is 5.85. The van der Waals surface area contributed by atoms with Gasteiger partial charge in [0.1, 0.15) is 11.5 Å². The number of likely N-dealkylation sites (tertiary alicyclic amines) is 1. The van der Waals surface area contributed by atoms with Crippen molar-refractivity contribution in [3.8, 4) is 11.5 Å². The van der Waals surface area contributed by atoms with Gasteiger partial charge in [0.2, 0.25) is 10.0 Å². The van der Waals surface area contributed by atoms with Crippen LogP contribution < -0.4 is 14.8 Å². The number of rotatable bonds is 11. The fourth-order valence-corrected chi connectivity index (χ4v) is 5.08. The Morgan fingerprint density at radius 3 is 2.14 bits per heavy atom. The van der Waals surface area contributed by atoms with E-state index in [9.17, 15) is 13.2 Å². The van der Waals surface area contributed by atoms with Crippen molar-refractivity contribution in [2.45, 2.75) is 64.1 Å². The molecule has 1 aliphatic heterocycles. The van der Waals surface area contributed by atoms with Crippen LogP contribution in [-0.2, 0) is 16.6 Å². The number of anilines is 1. The normalized spacial score (nSPS) is 16.5. The highest BCUT2D eigenvalue weighted by molar-refractivity contribution is 7.92. The zero-order chi connectivity index (χ0) is 25.5. The smallest absolute Gasteiger partial charge is 0.317 e. The van der Waals surface area contributed by atoms with Crippen molar-refractivity contribution in [2.24, 2.45) is 0 Å². The molecule has 1 saturated carbocycles. The second-order valence-corrected chi connectivity index (χ2v) is 11.7. The maximum atomic E-state index is 12.8. The number of carbonyl (C=O) groups is 1. The molecule has 0 aromatic heterocycles. The van der Waals surface area contributed by atoms with Gasteiger partial charge in [-0.1, -0.05) is 25.5 Å². The van der Waals surface area contributed by atoms with Crippen molar-refractivity contribution in [1.82, 2.24) is 15.1 Å². The zero-order valence-corrected chi connectivity index (χ0v) is 23.3. The SMILES string of the molecule is CCCCN(C(=O)NC1CCN(Cc2ccc(Oc3ccc(NS(C)(=O)=O)cc3)cc2)CC1)C1CC1.Cl. The van der Waals surface area contributed by atoms with Gasteiger partial charge in [-0.3, -0.25) is 9.62 Å². The van der Waals surface area contributed by atoms with Gasteiger partial charge < -0.3 is 15.0 Å². The van der Waals surface area contributed by atoms with Crippen LogP contribution in [-0.4, -0.2) is 62.2 Å². The third-order valence-corrected chi connectivity index (χ3v) is 7.25. The minimum atomic E-state index is -3.30. The summed E-state index contributed by atoms with van der Waals surface area (Å²) in [4.78, 5) is 17.3. The Labute approximate surface area is 227 Å². The van der Waals surface area contributed by atoms with E-state index < -0.39 is 10.0 Å². The van der Waals surface area contributed by atoms with Gasteiger partial charge in [-0.25, -0.2) is 13.2 Å². The molecule has 2 fully saturated rings. The highest BCUT2D eigenvalue weighted by atomic mass is 35.5. The summed E-state index contributed by atoms with van der Waals surface area (Å²) in [6.07, 6.45) is 7.55. The van der Waals surface area contributed by atoms with E-state index in [1.54, 1.807) is 24.3 Å². The quantitative estimate of drug-likeness (QED) is 0.401. The van der Waals surface area contributed by atoms with Gasteiger partial charge in [-0.2, -0.15) is 0 Å². The van der Waals surface area contributed by atoms with Crippen LogP contribution >= 0.6 is 12.4 Å². The number of urea groups is 1. The maximum Gasteiger partial charge on any atom is 0.317 e. The van der Waals surface area contributed by atoms with Crippen LogP contribution in [0.4, 0.5) is 10.5 Å². The lowest BCUT2D eigenvalue weighted by atomic mass is 10.0.